The molecule has 0 saturated carbocycles. The van der Waals surface area contributed by atoms with Crippen LogP contribution in [0.15, 0.2) is 0 Å². The van der Waals surface area contributed by atoms with Crippen molar-refractivity contribution in [1.82, 2.24) is 5.32 Å². The van der Waals surface area contributed by atoms with E-state index in [0.29, 0.717) is 6.54 Å². The van der Waals surface area contributed by atoms with Crippen molar-refractivity contribution in [2.45, 2.75) is 20.0 Å². The highest BCUT2D eigenvalue weighted by molar-refractivity contribution is 4.60. The molecule has 1 nitrogen and oxygen atoms in total. The Morgan fingerprint density at radius 2 is 2.00 bits per heavy atom. The first-order chi connectivity index (χ1) is 3.68. The Kier molecular flexibility index (Phi) is 3.79. The molecule has 0 fully saturated rings. The third-order valence-corrected chi connectivity index (χ3v) is 1.12. The van der Waals surface area contributed by atoms with Crippen molar-refractivity contribution in [2.75, 3.05) is 13.6 Å². The van der Waals surface area contributed by atoms with Crippen molar-refractivity contribution >= 4 is 0 Å². The summed E-state index contributed by atoms with van der Waals surface area (Å²) in [6.45, 7) is 4.22. The van der Waals surface area contributed by atoms with Crippen LogP contribution in [0.2, 0.25) is 0 Å². The van der Waals surface area contributed by atoms with Crippen molar-refractivity contribution in [3.8, 4) is 0 Å². The first-order valence-corrected chi connectivity index (χ1v) is 2.97. The molecule has 50 valence electrons. The van der Waals surface area contributed by atoms with E-state index in [1.54, 1.807) is 7.05 Å². The minimum Gasteiger partial charge on any atom is -0.317 e. The molecule has 0 heterocycles. The number of nitrogens with one attached hydrogen (secondary N) is 1. The van der Waals surface area contributed by atoms with Gasteiger partial charge in [-0.25, -0.2) is 4.39 Å². The summed E-state index contributed by atoms with van der Waals surface area (Å²) in [4.78, 5) is 0. The van der Waals surface area contributed by atoms with E-state index in [-0.39, 0.29) is 5.92 Å². The van der Waals surface area contributed by atoms with Crippen molar-refractivity contribution in [3.63, 3.8) is 0 Å². The van der Waals surface area contributed by atoms with Gasteiger partial charge in [0.15, 0.2) is 0 Å². The van der Waals surface area contributed by atoms with Crippen LogP contribution >= 0.6 is 0 Å². The second kappa shape index (κ2) is 3.84. The van der Waals surface area contributed by atoms with Crippen LogP contribution in [-0.2, 0) is 0 Å². The normalized spacial score (nSPS) is 14.6. The van der Waals surface area contributed by atoms with Crippen molar-refractivity contribution in [3.05, 3.63) is 0 Å². The third kappa shape index (κ3) is 2.97. The summed E-state index contributed by atoms with van der Waals surface area (Å²) in [5.74, 6) is 0.141. The average Bonchev–Trinajstić information content (AvgIpc) is 1.67. The van der Waals surface area contributed by atoms with Crippen LogP contribution in [0.4, 0.5) is 4.39 Å². The Labute approximate surface area is 50.3 Å². The number of hydrogen-bond donors (Lipinski definition) is 1. The fraction of sp³-hybridized carbons (Fsp3) is 1.00. The van der Waals surface area contributed by atoms with Gasteiger partial charge in [-0.05, 0) is 13.0 Å². The summed E-state index contributed by atoms with van der Waals surface area (Å²) >= 11 is 0. The van der Waals surface area contributed by atoms with Gasteiger partial charge < -0.3 is 5.32 Å². The average molecular weight is 119 g/mol. The minimum absolute atomic E-state index is 0.141. The molecule has 0 aliphatic carbocycles. The lowest BCUT2D eigenvalue weighted by atomic mass is 10.1. The van der Waals surface area contributed by atoms with Gasteiger partial charge in [-0.1, -0.05) is 13.8 Å². The first kappa shape index (κ1) is 7.89. The predicted molar refractivity (Wildman–Crippen MR) is 33.7 cm³/mol. The van der Waals surface area contributed by atoms with Crippen LogP contribution < -0.4 is 5.32 Å². The van der Waals surface area contributed by atoms with E-state index >= 15 is 0 Å². The molecule has 0 spiro atoms. The largest absolute Gasteiger partial charge is 0.317 e. The fourth-order valence-corrected chi connectivity index (χ4v) is 0.431. The quantitative estimate of drug-likeness (QED) is 0.588. The second-order valence-electron chi connectivity index (χ2n) is 2.32. The molecule has 1 atom stereocenters. The lowest BCUT2D eigenvalue weighted by Gasteiger charge is -2.09. The van der Waals surface area contributed by atoms with Crippen LogP contribution in [0.3, 0.4) is 0 Å². The van der Waals surface area contributed by atoms with E-state index < -0.39 is 6.17 Å². The van der Waals surface area contributed by atoms with E-state index in [1.807, 2.05) is 13.8 Å². The van der Waals surface area contributed by atoms with Gasteiger partial charge in [0.1, 0.15) is 6.17 Å². The van der Waals surface area contributed by atoms with E-state index in [1.165, 1.54) is 0 Å². The van der Waals surface area contributed by atoms with Crippen LogP contribution in [0.5, 0.6) is 0 Å². The van der Waals surface area contributed by atoms with Crippen LogP contribution in [0.1, 0.15) is 13.8 Å². The smallest absolute Gasteiger partial charge is 0.115 e. The Morgan fingerprint density at radius 3 is 2.12 bits per heavy atom. The second-order valence-corrected chi connectivity index (χ2v) is 2.32. The van der Waals surface area contributed by atoms with Gasteiger partial charge >= 0.3 is 0 Å². The van der Waals surface area contributed by atoms with E-state index in [9.17, 15) is 4.39 Å². The van der Waals surface area contributed by atoms with Crippen molar-refractivity contribution in [1.29, 1.82) is 0 Å². The molecule has 0 bridgehead atoms. The molecule has 0 aromatic heterocycles. The Morgan fingerprint density at radius 1 is 1.50 bits per heavy atom. The topological polar surface area (TPSA) is 12.0 Å². The Balaban J connectivity index is 3.17. The predicted octanol–water partition coefficient (Wildman–Crippen LogP) is 1.20. The maximum Gasteiger partial charge on any atom is 0.115 e. The Bertz CT molecular complexity index is 54.5. The monoisotopic (exact) mass is 119 g/mol. The zero-order valence-corrected chi connectivity index (χ0v) is 5.74. The molecule has 0 aliphatic rings. The molecule has 0 radical (unpaired) electrons. The standard InChI is InChI=1S/C6H14FN/c1-5(2)6(7)4-8-3/h5-6,8H,4H2,1-3H3/t6-/m0/s1. The third-order valence-electron chi connectivity index (χ3n) is 1.12. The molecule has 0 aromatic carbocycles. The molecule has 0 aliphatic heterocycles. The maximum absolute atomic E-state index is 12.5. The highest BCUT2D eigenvalue weighted by Gasteiger charge is 2.08. The lowest BCUT2D eigenvalue weighted by Crippen LogP contribution is -2.24. The number of halogens is 1. The van der Waals surface area contributed by atoms with Crippen molar-refractivity contribution < 1.29 is 4.39 Å². The molecular weight excluding hydrogens is 105 g/mol. The van der Waals surface area contributed by atoms with Crippen LogP contribution in [-0.4, -0.2) is 19.8 Å². The van der Waals surface area contributed by atoms with Gasteiger partial charge in [0, 0.05) is 6.54 Å². The summed E-state index contributed by atoms with van der Waals surface area (Å²) in [5.41, 5.74) is 0. The molecule has 2 heteroatoms. The number of alkyl halides is 1. The van der Waals surface area contributed by atoms with E-state index in [0.717, 1.165) is 0 Å². The van der Waals surface area contributed by atoms with Gasteiger partial charge in [-0.2, -0.15) is 0 Å². The van der Waals surface area contributed by atoms with Crippen molar-refractivity contribution in [2.24, 2.45) is 5.92 Å². The van der Waals surface area contributed by atoms with Gasteiger partial charge in [-0.15, -0.1) is 0 Å². The van der Waals surface area contributed by atoms with E-state index in [2.05, 4.69) is 5.32 Å². The van der Waals surface area contributed by atoms with Gasteiger partial charge in [0.05, 0.1) is 0 Å². The zero-order valence-electron chi connectivity index (χ0n) is 5.74. The summed E-state index contributed by atoms with van der Waals surface area (Å²) in [6.07, 6.45) is -0.694. The summed E-state index contributed by atoms with van der Waals surface area (Å²) in [5, 5.41) is 2.77. The minimum atomic E-state index is -0.694. The summed E-state index contributed by atoms with van der Waals surface area (Å²) in [7, 11) is 1.76. The molecule has 0 rings (SSSR count). The SMILES string of the molecule is CNC[C@H](F)C(C)C. The Hall–Kier alpha value is -0.110. The first-order valence-electron chi connectivity index (χ1n) is 2.97. The van der Waals surface area contributed by atoms with Gasteiger partial charge in [-0.3, -0.25) is 0 Å². The summed E-state index contributed by atoms with van der Waals surface area (Å²) in [6, 6.07) is 0. The molecule has 0 saturated heterocycles. The van der Waals surface area contributed by atoms with Crippen LogP contribution in [0, 0.1) is 5.92 Å². The number of rotatable bonds is 3. The molecule has 8 heavy (non-hydrogen) atoms. The highest BCUT2D eigenvalue weighted by atomic mass is 19.1. The molecule has 1 N–H and O–H groups in total. The fourth-order valence-electron chi connectivity index (χ4n) is 0.431. The molecule has 0 unspecified atom stereocenters. The maximum atomic E-state index is 12.5. The lowest BCUT2D eigenvalue weighted by molar-refractivity contribution is 0.251. The molecular formula is C6H14FN. The zero-order chi connectivity index (χ0) is 6.57. The van der Waals surface area contributed by atoms with Gasteiger partial charge in [0.2, 0.25) is 0 Å². The molecule has 0 aromatic rings. The van der Waals surface area contributed by atoms with Crippen LogP contribution in [0.25, 0.3) is 0 Å². The van der Waals surface area contributed by atoms with E-state index in [4.69, 9.17) is 0 Å². The number of hydrogen-bond acceptors (Lipinski definition) is 1. The highest BCUT2D eigenvalue weighted by Crippen LogP contribution is 2.03. The molecule has 0 amide bonds. The van der Waals surface area contributed by atoms with Gasteiger partial charge in [0.25, 0.3) is 0 Å². The summed E-state index contributed by atoms with van der Waals surface area (Å²) < 4.78 is 12.5.